The molecule has 2 aromatic carbocycles. The molecule has 0 saturated carbocycles. The summed E-state index contributed by atoms with van der Waals surface area (Å²) in [5.74, 6) is -0.921. The summed E-state index contributed by atoms with van der Waals surface area (Å²) in [7, 11) is 0. The fourth-order valence-electron chi connectivity index (χ4n) is 2.74. The Morgan fingerprint density at radius 2 is 1.64 bits per heavy atom. The van der Waals surface area contributed by atoms with Crippen LogP contribution in [0.1, 0.15) is 36.7 Å². The minimum Gasteiger partial charge on any atom is -0.458 e. The average molecular weight is 339 g/mol. The molecule has 130 valence electrons. The van der Waals surface area contributed by atoms with Gasteiger partial charge >= 0.3 is 11.9 Å². The van der Waals surface area contributed by atoms with E-state index >= 15 is 0 Å². The van der Waals surface area contributed by atoms with Gasteiger partial charge in [0.15, 0.2) is 6.04 Å². The largest absolute Gasteiger partial charge is 0.458 e. The Morgan fingerprint density at radius 1 is 1.00 bits per heavy atom. The lowest BCUT2D eigenvalue weighted by Crippen LogP contribution is -2.43. The fraction of sp³-hybridized carbons (Fsp3) is 0.300. The summed E-state index contributed by atoms with van der Waals surface area (Å²) in [4.78, 5) is 30.6. The molecule has 0 bridgehead atoms. The van der Waals surface area contributed by atoms with Crippen LogP contribution in [0.4, 0.5) is 5.69 Å². The highest BCUT2D eigenvalue weighted by Crippen LogP contribution is 2.33. The minimum atomic E-state index is -0.690. The lowest BCUT2D eigenvalue weighted by molar-refractivity contribution is -0.157. The van der Waals surface area contributed by atoms with Crippen molar-refractivity contribution < 1.29 is 19.2 Å². The summed E-state index contributed by atoms with van der Waals surface area (Å²) in [6.45, 7) is 5.44. The van der Waals surface area contributed by atoms with Crippen LogP contribution in [0.5, 0.6) is 0 Å². The molecule has 0 aliphatic carbocycles. The fourth-order valence-corrected chi connectivity index (χ4v) is 2.74. The molecule has 25 heavy (non-hydrogen) atoms. The lowest BCUT2D eigenvalue weighted by Gasteiger charge is -2.27. The Labute approximate surface area is 147 Å². The molecular weight excluding hydrogens is 318 g/mol. The number of benzene rings is 2. The summed E-state index contributed by atoms with van der Waals surface area (Å²) < 4.78 is 5.50. The first-order valence-corrected chi connectivity index (χ1v) is 8.22. The Morgan fingerprint density at radius 3 is 2.32 bits per heavy atom. The van der Waals surface area contributed by atoms with E-state index in [-0.39, 0.29) is 0 Å². The number of nitrogens with zero attached hydrogens (tertiary/aromatic N) is 1. The Kier molecular flexibility index (Phi) is 4.49. The van der Waals surface area contributed by atoms with E-state index in [1.165, 1.54) is 5.06 Å². The normalized spacial score (nSPS) is 16.3. The van der Waals surface area contributed by atoms with Crippen molar-refractivity contribution in [1.82, 2.24) is 0 Å². The maximum atomic E-state index is 12.6. The highest BCUT2D eigenvalue weighted by atomic mass is 16.7. The van der Waals surface area contributed by atoms with E-state index in [4.69, 9.17) is 9.57 Å². The smallest absolute Gasteiger partial charge is 0.363 e. The number of ether oxygens (including phenoxy) is 1. The minimum absolute atomic E-state index is 0.412. The molecule has 2 aromatic rings. The van der Waals surface area contributed by atoms with Gasteiger partial charge in [-0.25, -0.2) is 9.59 Å². The topological polar surface area (TPSA) is 55.8 Å². The number of esters is 1. The van der Waals surface area contributed by atoms with Gasteiger partial charge in [0.25, 0.3) is 0 Å². The van der Waals surface area contributed by atoms with Crippen LogP contribution < -0.4 is 5.06 Å². The van der Waals surface area contributed by atoms with E-state index in [0.29, 0.717) is 17.7 Å². The number of para-hydroxylation sites is 1. The molecule has 3 rings (SSSR count). The third kappa shape index (κ3) is 3.82. The maximum absolute atomic E-state index is 12.6. The number of hydroxylamine groups is 1. The van der Waals surface area contributed by atoms with Gasteiger partial charge in [-0.3, -0.25) is 0 Å². The van der Waals surface area contributed by atoms with Crippen molar-refractivity contribution in [3.05, 3.63) is 65.7 Å². The van der Waals surface area contributed by atoms with Gasteiger partial charge in [0.05, 0.1) is 11.3 Å². The second kappa shape index (κ2) is 6.59. The third-order valence-electron chi connectivity index (χ3n) is 3.79. The molecular formula is C20H21NO4. The Hall–Kier alpha value is -2.82. The van der Waals surface area contributed by atoms with Gasteiger partial charge in [-0.1, -0.05) is 36.4 Å². The highest BCUT2D eigenvalue weighted by Gasteiger charge is 2.40. The first-order valence-electron chi connectivity index (χ1n) is 8.22. The highest BCUT2D eigenvalue weighted by molar-refractivity contribution is 5.91. The number of fused-ring (bicyclic) bond motifs is 1. The molecule has 0 amide bonds. The quantitative estimate of drug-likeness (QED) is 0.801. The number of hydrogen-bond donors (Lipinski definition) is 0. The van der Waals surface area contributed by atoms with Crippen molar-refractivity contribution >= 4 is 17.6 Å². The number of anilines is 1. The summed E-state index contributed by atoms with van der Waals surface area (Å²) in [6, 6.07) is 15.5. The first kappa shape index (κ1) is 17.0. The predicted molar refractivity (Wildman–Crippen MR) is 94.1 cm³/mol. The molecule has 5 nitrogen and oxygen atoms in total. The molecule has 0 aromatic heterocycles. The number of carbonyl (C=O) groups is 2. The first-order chi connectivity index (χ1) is 11.8. The molecule has 1 aliphatic heterocycles. The van der Waals surface area contributed by atoms with Gasteiger partial charge in [0.1, 0.15) is 5.60 Å². The van der Waals surface area contributed by atoms with E-state index < -0.39 is 23.6 Å². The SMILES string of the molecule is CC(C)(C)OC(=O)[C@@H]1Cc2ccccc2N1OC(=O)c1ccccc1. The van der Waals surface area contributed by atoms with Crippen LogP contribution in [0.2, 0.25) is 0 Å². The van der Waals surface area contributed by atoms with Gasteiger partial charge in [-0.2, -0.15) is 5.06 Å². The summed E-state index contributed by atoms with van der Waals surface area (Å²) in [5, 5.41) is 1.37. The Balaban J connectivity index is 1.86. The molecule has 1 aliphatic rings. The molecule has 0 radical (unpaired) electrons. The lowest BCUT2D eigenvalue weighted by atomic mass is 10.1. The van der Waals surface area contributed by atoms with E-state index in [1.54, 1.807) is 24.3 Å². The standard InChI is InChI=1S/C20H21NO4/c1-20(2,3)24-19(23)17-13-15-11-7-8-12-16(15)21(17)25-18(22)14-9-5-4-6-10-14/h4-12,17H,13H2,1-3H3/t17-/m0/s1. The van der Waals surface area contributed by atoms with Gasteiger partial charge in [-0.15, -0.1) is 0 Å². The van der Waals surface area contributed by atoms with E-state index in [2.05, 4.69) is 0 Å². The van der Waals surface area contributed by atoms with Gasteiger partial charge in [-0.05, 0) is 44.5 Å². The average Bonchev–Trinajstić information content (AvgIpc) is 2.93. The van der Waals surface area contributed by atoms with Crippen LogP contribution in [0.15, 0.2) is 54.6 Å². The van der Waals surface area contributed by atoms with Crippen molar-refractivity contribution in [2.24, 2.45) is 0 Å². The third-order valence-corrected chi connectivity index (χ3v) is 3.79. The zero-order valence-corrected chi connectivity index (χ0v) is 14.6. The zero-order valence-electron chi connectivity index (χ0n) is 14.6. The van der Waals surface area contributed by atoms with Crippen LogP contribution >= 0.6 is 0 Å². The molecule has 0 spiro atoms. The van der Waals surface area contributed by atoms with Crippen LogP contribution in [0.25, 0.3) is 0 Å². The summed E-state index contributed by atoms with van der Waals surface area (Å²) in [6.07, 6.45) is 0.438. The monoisotopic (exact) mass is 339 g/mol. The van der Waals surface area contributed by atoms with Crippen molar-refractivity contribution in [2.45, 2.75) is 38.8 Å². The van der Waals surface area contributed by atoms with Crippen molar-refractivity contribution in [2.75, 3.05) is 5.06 Å². The van der Waals surface area contributed by atoms with Crippen LogP contribution in [-0.4, -0.2) is 23.6 Å². The van der Waals surface area contributed by atoms with Gasteiger partial charge < -0.3 is 9.57 Å². The molecule has 0 fully saturated rings. The van der Waals surface area contributed by atoms with Crippen molar-refractivity contribution in [3.63, 3.8) is 0 Å². The summed E-state index contributed by atoms with van der Waals surface area (Å²) in [5.41, 5.74) is 1.47. The molecule has 0 unspecified atom stereocenters. The van der Waals surface area contributed by atoms with E-state index in [9.17, 15) is 9.59 Å². The predicted octanol–water partition coefficient (Wildman–Crippen LogP) is 3.53. The summed E-state index contributed by atoms with van der Waals surface area (Å²) >= 11 is 0. The molecule has 1 heterocycles. The molecule has 5 heteroatoms. The molecule has 0 N–H and O–H groups in total. The zero-order chi connectivity index (χ0) is 18.0. The molecule has 1 atom stereocenters. The van der Waals surface area contributed by atoms with Crippen LogP contribution in [0.3, 0.4) is 0 Å². The number of hydrogen-bond acceptors (Lipinski definition) is 5. The molecule has 0 saturated heterocycles. The maximum Gasteiger partial charge on any atom is 0.363 e. The van der Waals surface area contributed by atoms with Crippen LogP contribution in [0, 0.1) is 0 Å². The second-order valence-corrected chi connectivity index (χ2v) is 6.95. The van der Waals surface area contributed by atoms with Gasteiger partial charge in [0.2, 0.25) is 0 Å². The number of carbonyl (C=O) groups excluding carboxylic acids is 2. The van der Waals surface area contributed by atoms with Crippen molar-refractivity contribution in [3.8, 4) is 0 Å². The van der Waals surface area contributed by atoms with Crippen LogP contribution in [-0.2, 0) is 20.8 Å². The van der Waals surface area contributed by atoms with E-state index in [0.717, 1.165) is 5.56 Å². The van der Waals surface area contributed by atoms with Crippen molar-refractivity contribution in [1.29, 1.82) is 0 Å². The van der Waals surface area contributed by atoms with E-state index in [1.807, 2.05) is 51.1 Å². The second-order valence-electron chi connectivity index (χ2n) is 6.95. The van der Waals surface area contributed by atoms with Gasteiger partial charge in [0, 0.05) is 6.42 Å². The number of rotatable bonds is 3. The Bertz CT molecular complexity index is 780.